The molecule has 0 saturated heterocycles. The SMILES string of the molecule is Cc1nc(C)c(C(=O)/C=C/c2ccc(Cl)cc2)cc1C(=O)/C=C/c1ccc(Cl)cc1. The van der Waals surface area contributed by atoms with Crippen molar-refractivity contribution >= 4 is 46.9 Å². The van der Waals surface area contributed by atoms with Crippen LogP contribution in [0.2, 0.25) is 10.0 Å². The normalized spacial score (nSPS) is 11.3. The summed E-state index contributed by atoms with van der Waals surface area (Å²) in [7, 11) is 0. The quantitative estimate of drug-likeness (QED) is 0.316. The molecule has 150 valence electrons. The predicted octanol–water partition coefficient (Wildman–Crippen LogP) is 6.80. The molecule has 0 atom stereocenters. The number of allylic oxidation sites excluding steroid dienone is 2. The molecule has 3 nitrogen and oxygen atoms in total. The Labute approximate surface area is 185 Å². The molecule has 5 heteroatoms. The van der Waals surface area contributed by atoms with Crippen LogP contribution < -0.4 is 0 Å². The second-order valence-electron chi connectivity index (χ2n) is 6.75. The Morgan fingerprint density at radius 1 is 0.700 bits per heavy atom. The molecule has 0 aliphatic rings. The van der Waals surface area contributed by atoms with Gasteiger partial charge in [0.25, 0.3) is 0 Å². The zero-order chi connectivity index (χ0) is 21.7. The van der Waals surface area contributed by atoms with Crippen molar-refractivity contribution in [2.24, 2.45) is 0 Å². The third kappa shape index (κ3) is 5.53. The van der Waals surface area contributed by atoms with Gasteiger partial charge in [-0.1, -0.05) is 59.6 Å². The van der Waals surface area contributed by atoms with Crippen LogP contribution in [0.1, 0.15) is 43.2 Å². The van der Waals surface area contributed by atoms with Crippen molar-refractivity contribution in [2.75, 3.05) is 0 Å². The number of aromatic nitrogens is 1. The summed E-state index contributed by atoms with van der Waals surface area (Å²) in [5.74, 6) is -0.434. The lowest BCUT2D eigenvalue weighted by Gasteiger charge is -2.07. The van der Waals surface area contributed by atoms with Crippen LogP contribution in [-0.2, 0) is 0 Å². The molecule has 0 amide bonds. The van der Waals surface area contributed by atoms with Gasteiger partial charge in [0.15, 0.2) is 11.6 Å². The number of carbonyl (C=O) groups excluding carboxylic acids is 2. The molecular weight excluding hydrogens is 417 g/mol. The van der Waals surface area contributed by atoms with Crippen LogP contribution in [0, 0.1) is 13.8 Å². The van der Waals surface area contributed by atoms with Gasteiger partial charge < -0.3 is 0 Å². The number of ketones is 2. The second kappa shape index (κ2) is 9.66. The smallest absolute Gasteiger partial charge is 0.187 e. The lowest BCUT2D eigenvalue weighted by Crippen LogP contribution is -2.08. The monoisotopic (exact) mass is 435 g/mol. The Balaban J connectivity index is 1.83. The maximum atomic E-state index is 12.7. The highest BCUT2D eigenvalue weighted by Crippen LogP contribution is 2.17. The molecule has 0 radical (unpaired) electrons. The van der Waals surface area contributed by atoms with E-state index in [1.165, 1.54) is 12.2 Å². The van der Waals surface area contributed by atoms with Crippen LogP contribution in [0.3, 0.4) is 0 Å². The molecule has 0 aliphatic carbocycles. The Kier molecular flexibility index (Phi) is 6.99. The minimum atomic E-state index is -0.217. The number of carbonyl (C=O) groups is 2. The first-order chi connectivity index (χ1) is 14.3. The molecule has 2 aromatic carbocycles. The summed E-state index contributed by atoms with van der Waals surface area (Å²) in [6.45, 7) is 3.52. The molecule has 3 aromatic rings. The standard InChI is InChI=1S/C25H19Cl2NO2/c1-16-22(24(29)13-7-18-3-9-20(26)10-4-18)15-23(17(2)28-16)25(30)14-8-19-5-11-21(27)12-6-19/h3-15H,1-2H3/b13-7+,14-8+. The molecule has 0 unspecified atom stereocenters. The van der Waals surface area contributed by atoms with Crippen molar-refractivity contribution in [3.05, 3.63) is 110 Å². The fourth-order valence-electron chi connectivity index (χ4n) is 2.90. The van der Waals surface area contributed by atoms with E-state index in [4.69, 9.17) is 23.2 Å². The highest BCUT2D eigenvalue weighted by atomic mass is 35.5. The molecule has 0 fully saturated rings. The second-order valence-corrected chi connectivity index (χ2v) is 7.63. The van der Waals surface area contributed by atoms with Crippen molar-refractivity contribution in [1.29, 1.82) is 0 Å². The van der Waals surface area contributed by atoms with Gasteiger partial charge in [0.05, 0.1) is 0 Å². The maximum Gasteiger partial charge on any atom is 0.187 e. The van der Waals surface area contributed by atoms with Gasteiger partial charge in [0.2, 0.25) is 0 Å². The van der Waals surface area contributed by atoms with Gasteiger partial charge >= 0.3 is 0 Å². The van der Waals surface area contributed by atoms with Crippen LogP contribution in [0.15, 0.2) is 66.7 Å². The van der Waals surface area contributed by atoms with Crippen molar-refractivity contribution in [1.82, 2.24) is 4.98 Å². The minimum Gasteiger partial charge on any atom is -0.289 e. The number of halogens is 2. The van der Waals surface area contributed by atoms with Crippen molar-refractivity contribution in [3.63, 3.8) is 0 Å². The van der Waals surface area contributed by atoms with Gasteiger partial charge in [-0.25, -0.2) is 0 Å². The number of hydrogen-bond donors (Lipinski definition) is 0. The van der Waals surface area contributed by atoms with Crippen molar-refractivity contribution in [2.45, 2.75) is 13.8 Å². The molecule has 0 N–H and O–H groups in total. The largest absolute Gasteiger partial charge is 0.289 e. The van der Waals surface area contributed by atoms with E-state index < -0.39 is 0 Å². The summed E-state index contributed by atoms with van der Waals surface area (Å²) in [4.78, 5) is 29.8. The van der Waals surface area contributed by atoms with Gasteiger partial charge in [-0.05, 0) is 67.5 Å². The van der Waals surface area contributed by atoms with Gasteiger partial charge in [-0.3, -0.25) is 14.6 Å². The lowest BCUT2D eigenvalue weighted by molar-refractivity contribution is 0.104. The van der Waals surface area contributed by atoms with E-state index in [2.05, 4.69) is 4.98 Å². The average Bonchev–Trinajstić information content (AvgIpc) is 2.72. The molecule has 1 aromatic heterocycles. The number of rotatable bonds is 6. The summed E-state index contributed by atoms with van der Waals surface area (Å²) in [6.07, 6.45) is 6.36. The minimum absolute atomic E-state index is 0.217. The van der Waals surface area contributed by atoms with Crippen LogP contribution in [0.25, 0.3) is 12.2 Å². The number of benzene rings is 2. The van der Waals surface area contributed by atoms with E-state index in [0.717, 1.165) is 11.1 Å². The molecule has 0 saturated carbocycles. The van der Waals surface area contributed by atoms with E-state index >= 15 is 0 Å². The predicted molar refractivity (Wildman–Crippen MR) is 123 cm³/mol. The Hall–Kier alpha value is -3.01. The van der Waals surface area contributed by atoms with Gasteiger partial charge in [0, 0.05) is 32.6 Å². The van der Waals surface area contributed by atoms with E-state index in [0.29, 0.717) is 32.6 Å². The highest BCUT2D eigenvalue weighted by molar-refractivity contribution is 6.30. The number of nitrogens with zero attached hydrogens (tertiary/aromatic N) is 1. The molecule has 0 spiro atoms. The van der Waals surface area contributed by atoms with E-state index in [1.54, 1.807) is 56.3 Å². The van der Waals surface area contributed by atoms with E-state index in [-0.39, 0.29) is 11.6 Å². The topological polar surface area (TPSA) is 47.0 Å². The Morgan fingerprint density at radius 3 is 1.43 bits per heavy atom. The Morgan fingerprint density at radius 2 is 1.07 bits per heavy atom. The zero-order valence-electron chi connectivity index (χ0n) is 16.5. The molecule has 0 aliphatic heterocycles. The number of hydrogen-bond acceptors (Lipinski definition) is 3. The average molecular weight is 436 g/mol. The fraction of sp³-hybridized carbons (Fsp3) is 0.0800. The van der Waals surface area contributed by atoms with Crippen molar-refractivity contribution < 1.29 is 9.59 Å². The Bertz CT molecular complexity index is 1060. The fourth-order valence-corrected chi connectivity index (χ4v) is 3.15. The third-order valence-electron chi connectivity index (χ3n) is 4.53. The summed E-state index contributed by atoms with van der Waals surface area (Å²) in [6, 6.07) is 15.9. The summed E-state index contributed by atoms with van der Waals surface area (Å²) >= 11 is 11.8. The number of pyridine rings is 1. The van der Waals surface area contributed by atoms with Gasteiger partial charge in [-0.2, -0.15) is 0 Å². The first-order valence-corrected chi connectivity index (χ1v) is 10.0. The third-order valence-corrected chi connectivity index (χ3v) is 5.03. The molecule has 0 bridgehead atoms. The van der Waals surface area contributed by atoms with Gasteiger partial charge in [0.1, 0.15) is 0 Å². The zero-order valence-corrected chi connectivity index (χ0v) is 18.0. The van der Waals surface area contributed by atoms with Crippen LogP contribution in [-0.4, -0.2) is 16.6 Å². The van der Waals surface area contributed by atoms with Crippen molar-refractivity contribution in [3.8, 4) is 0 Å². The van der Waals surface area contributed by atoms with E-state index in [1.807, 2.05) is 24.3 Å². The maximum absolute atomic E-state index is 12.7. The van der Waals surface area contributed by atoms with E-state index in [9.17, 15) is 9.59 Å². The number of aryl methyl sites for hydroxylation is 2. The first-order valence-electron chi connectivity index (χ1n) is 9.27. The van der Waals surface area contributed by atoms with Gasteiger partial charge in [-0.15, -0.1) is 0 Å². The summed E-state index contributed by atoms with van der Waals surface area (Å²) < 4.78 is 0. The lowest BCUT2D eigenvalue weighted by atomic mass is 10.0. The summed E-state index contributed by atoms with van der Waals surface area (Å²) in [5.41, 5.74) is 3.66. The van der Waals surface area contributed by atoms with Crippen LogP contribution in [0.5, 0.6) is 0 Å². The molecule has 1 heterocycles. The highest BCUT2D eigenvalue weighted by Gasteiger charge is 2.15. The van der Waals surface area contributed by atoms with Crippen LogP contribution in [0.4, 0.5) is 0 Å². The first kappa shape index (κ1) is 21.7. The molecule has 3 rings (SSSR count). The molecule has 30 heavy (non-hydrogen) atoms. The molecular formula is C25H19Cl2NO2. The van der Waals surface area contributed by atoms with Crippen LogP contribution >= 0.6 is 23.2 Å². The summed E-state index contributed by atoms with van der Waals surface area (Å²) in [5, 5.41) is 1.26.